The molecule has 4 heteroatoms. The van der Waals surface area contributed by atoms with Gasteiger partial charge in [-0.3, -0.25) is 9.80 Å². The zero-order chi connectivity index (χ0) is 15.5. The highest BCUT2D eigenvalue weighted by atomic mass is 127. The van der Waals surface area contributed by atoms with Gasteiger partial charge in [-0.05, 0) is 26.7 Å². The smallest absolute Gasteiger partial charge is 0.0512 e. The van der Waals surface area contributed by atoms with Gasteiger partial charge < -0.3 is 0 Å². The van der Waals surface area contributed by atoms with Gasteiger partial charge in [0.25, 0.3) is 0 Å². The topological polar surface area (TPSA) is 6.48 Å². The molecular formula is C15H32I2N2. The lowest BCUT2D eigenvalue weighted by Crippen LogP contribution is -2.41. The fourth-order valence-corrected chi connectivity index (χ4v) is 1.86. The van der Waals surface area contributed by atoms with Crippen LogP contribution in [0.4, 0.5) is 0 Å². The maximum Gasteiger partial charge on any atom is 0.0512 e. The molecule has 116 valence electrons. The van der Waals surface area contributed by atoms with Crippen molar-refractivity contribution >= 4 is 45.2 Å². The first-order valence-corrected chi connectivity index (χ1v) is 9.95. The predicted molar refractivity (Wildman–Crippen MR) is 107 cm³/mol. The van der Waals surface area contributed by atoms with Crippen LogP contribution in [0, 0.1) is 5.92 Å². The summed E-state index contributed by atoms with van der Waals surface area (Å²) in [5, 5.41) is 0. The van der Waals surface area contributed by atoms with Crippen LogP contribution in [0.3, 0.4) is 0 Å². The second-order valence-electron chi connectivity index (χ2n) is 5.92. The van der Waals surface area contributed by atoms with Crippen molar-refractivity contribution in [2.24, 2.45) is 5.92 Å². The molecule has 0 radical (unpaired) electrons. The van der Waals surface area contributed by atoms with Crippen LogP contribution in [0.15, 0.2) is 13.2 Å². The van der Waals surface area contributed by atoms with Crippen LogP contribution in [0.1, 0.15) is 34.6 Å². The average Bonchev–Trinajstić information content (AvgIpc) is 2.79. The van der Waals surface area contributed by atoms with E-state index in [2.05, 4.69) is 103 Å². The monoisotopic (exact) mass is 494 g/mol. The zero-order valence-corrected chi connectivity index (χ0v) is 17.7. The lowest BCUT2D eigenvalue weighted by atomic mass is 10.1. The molecule has 0 N–H and O–H groups in total. The number of halogens is 2. The van der Waals surface area contributed by atoms with Crippen molar-refractivity contribution in [3.05, 3.63) is 13.2 Å². The molecule has 19 heavy (non-hydrogen) atoms. The van der Waals surface area contributed by atoms with Gasteiger partial charge in [-0.1, -0.05) is 59.0 Å². The number of nitrogens with zero attached hydrogens (tertiary/aromatic N) is 2. The van der Waals surface area contributed by atoms with Gasteiger partial charge >= 0.3 is 0 Å². The minimum absolute atomic E-state index is 0.339. The number of hydrogen-bond acceptors (Lipinski definition) is 2. The zero-order valence-electron chi connectivity index (χ0n) is 13.4. The van der Waals surface area contributed by atoms with Gasteiger partial charge in [-0.15, -0.1) is 13.2 Å². The van der Waals surface area contributed by atoms with E-state index in [-0.39, 0.29) is 0 Å². The first kappa shape index (κ1) is 22.4. The number of alkyl halides is 2. The Labute approximate surface area is 148 Å². The van der Waals surface area contributed by atoms with Crippen LogP contribution in [-0.2, 0) is 0 Å². The Kier molecular flexibility index (Phi) is 15.1. The molecule has 1 heterocycles. The molecule has 1 saturated heterocycles. The first-order valence-electron chi connectivity index (χ1n) is 6.90. The van der Waals surface area contributed by atoms with Gasteiger partial charge in [0.2, 0.25) is 0 Å². The van der Waals surface area contributed by atoms with Crippen LogP contribution in [0.2, 0.25) is 0 Å². The molecule has 0 saturated carbocycles. The Morgan fingerprint density at radius 3 is 1.79 bits per heavy atom. The summed E-state index contributed by atoms with van der Waals surface area (Å²) in [6, 6.07) is 0. The average molecular weight is 494 g/mol. The molecule has 0 bridgehead atoms. The first-order chi connectivity index (χ1) is 8.81. The third-order valence-corrected chi connectivity index (χ3v) is 5.84. The van der Waals surface area contributed by atoms with E-state index in [9.17, 15) is 0 Å². The van der Waals surface area contributed by atoms with Crippen LogP contribution < -0.4 is 0 Å². The SMILES string of the molecule is C=C.CC(C)CN1CCN(C(C)(C)C)C1.ICCI. The van der Waals surface area contributed by atoms with E-state index >= 15 is 0 Å². The molecule has 0 atom stereocenters. The van der Waals surface area contributed by atoms with Crippen molar-refractivity contribution < 1.29 is 0 Å². The van der Waals surface area contributed by atoms with Gasteiger partial charge in [0, 0.05) is 34.0 Å². The molecule has 1 fully saturated rings. The second kappa shape index (κ2) is 12.8. The highest BCUT2D eigenvalue weighted by Gasteiger charge is 2.28. The van der Waals surface area contributed by atoms with Gasteiger partial charge in [0.05, 0.1) is 6.67 Å². The van der Waals surface area contributed by atoms with Crippen LogP contribution in [-0.4, -0.2) is 50.5 Å². The van der Waals surface area contributed by atoms with Crippen molar-refractivity contribution in [2.75, 3.05) is 35.2 Å². The molecule has 1 aliphatic heterocycles. The molecule has 1 aliphatic rings. The van der Waals surface area contributed by atoms with Gasteiger partial charge in [-0.2, -0.15) is 0 Å². The van der Waals surface area contributed by atoms with Crippen molar-refractivity contribution in [2.45, 2.75) is 40.2 Å². The highest BCUT2D eigenvalue weighted by Crippen LogP contribution is 2.18. The molecular weight excluding hydrogens is 462 g/mol. The summed E-state index contributed by atoms with van der Waals surface area (Å²) in [7, 11) is 0. The standard InChI is InChI=1S/C11H24N2.C2H4I2.C2H4/c1-10(2)8-12-6-7-13(9-12)11(3,4)5;3-1-2-4;1-2/h10H,6-9H2,1-5H3;1-2H2;1-2H2. The van der Waals surface area contributed by atoms with E-state index in [4.69, 9.17) is 0 Å². The number of hydrogen-bond donors (Lipinski definition) is 0. The molecule has 0 unspecified atom stereocenters. The summed E-state index contributed by atoms with van der Waals surface area (Å²) in [6.45, 7) is 22.4. The minimum atomic E-state index is 0.339. The van der Waals surface area contributed by atoms with Gasteiger partial charge in [0.15, 0.2) is 0 Å². The fourth-order valence-electron chi connectivity index (χ4n) is 1.86. The highest BCUT2D eigenvalue weighted by molar-refractivity contribution is 14.1. The molecule has 0 aromatic rings. The quantitative estimate of drug-likeness (QED) is 0.320. The lowest BCUT2D eigenvalue weighted by molar-refractivity contribution is 0.135. The van der Waals surface area contributed by atoms with E-state index < -0.39 is 0 Å². The minimum Gasteiger partial charge on any atom is -0.289 e. The van der Waals surface area contributed by atoms with E-state index in [1.165, 1.54) is 28.5 Å². The third-order valence-electron chi connectivity index (χ3n) is 2.70. The molecule has 0 aromatic carbocycles. The summed E-state index contributed by atoms with van der Waals surface area (Å²) in [5.74, 6) is 0.792. The number of rotatable bonds is 3. The van der Waals surface area contributed by atoms with Gasteiger partial charge in [0.1, 0.15) is 0 Å². The summed E-state index contributed by atoms with van der Waals surface area (Å²) >= 11 is 4.69. The summed E-state index contributed by atoms with van der Waals surface area (Å²) in [4.78, 5) is 5.10. The molecule has 0 aliphatic carbocycles. The molecule has 0 spiro atoms. The van der Waals surface area contributed by atoms with E-state index in [0.717, 1.165) is 12.6 Å². The van der Waals surface area contributed by atoms with E-state index in [1.54, 1.807) is 0 Å². The maximum absolute atomic E-state index is 3.00. The Bertz CT molecular complexity index is 201. The Morgan fingerprint density at radius 2 is 1.53 bits per heavy atom. The van der Waals surface area contributed by atoms with Crippen molar-refractivity contribution in [3.8, 4) is 0 Å². The lowest BCUT2D eigenvalue weighted by Gasteiger charge is -2.31. The van der Waals surface area contributed by atoms with Crippen LogP contribution in [0.25, 0.3) is 0 Å². The summed E-state index contributed by atoms with van der Waals surface area (Å²) in [6.07, 6.45) is 0. The van der Waals surface area contributed by atoms with Crippen molar-refractivity contribution in [3.63, 3.8) is 0 Å². The maximum atomic E-state index is 3.00. The molecule has 2 nitrogen and oxygen atoms in total. The van der Waals surface area contributed by atoms with Crippen LogP contribution in [0.5, 0.6) is 0 Å². The van der Waals surface area contributed by atoms with Crippen molar-refractivity contribution in [1.29, 1.82) is 0 Å². The Balaban J connectivity index is 0. The summed E-state index contributed by atoms with van der Waals surface area (Å²) in [5.41, 5.74) is 0.339. The normalized spacial score (nSPS) is 16.6. The third kappa shape index (κ3) is 12.6. The Morgan fingerprint density at radius 1 is 1.05 bits per heavy atom. The second-order valence-corrected chi connectivity index (χ2v) is 8.08. The summed E-state index contributed by atoms with van der Waals surface area (Å²) < 4.78 is 2.55. The van der Waals surface area contributed by atoms with E-state index in [1.807, 2.05) is 0 Å². The van der Waals surface area contributed by atoms with Crippen molar-refractivity contribution in [1.82, 2.24) is 9.80 Å². The predicted octanol–water partition coefficient (Wildman–Crippen LogP) is 4.67. The molecule has 1 rings (SSSR count). The van der Waals surface area contributed by atoms with E-state index in [0.29, 0.717) is 5.54 Å². The molecule has 0 amide bonds. The van der Waals surface area contributed by atoms with Gasteiger partial charge in [-0.25, -0.2) is 0 Å². The Hall–Kier alpha value is 1.12. The van der Waals surface area contributed by atoms with Crippen LogP contribution >= 0.6 is 45.2 Å². The molecule has 0 aromatic heterocycles. The largest absolute Gasteiger partial charge is 0.289 e. The fraction of sp³-hybridized carbons (Fsp3) is 0.867.